The second kappa shape index (κ2) is 5.25. The van der Waals surface area contributed by atoms with Gasteiger partial charge in [0.05, 0.1) is 0 Å². The molecule has 0 fully saturated rings. The topological polar surface area (TPSA) is 30.0 Å². The molecule has 0 bridgehead atoms. The van der Waals surface area contributed by atoms with Crippen LogP contribution in [0.15, 0.2) is 28.9 Å². The number of halogens is 1. The largest absolute Gasteiger partial charge is 0.293 e. The van der Waals surface area contributed by atoms with Gasteiger partial charge in [-0.15, -0.1) is 0 Å². The molecule has 2 nitrogen and oxygen atoms in total. The molecule has 1 aromatic heterocycles. The summed E-state index contributed by atoms with van der Waals surface area (Å²) in [6.07, 6.45) is 0. The zero-order valence-corrected chi connectivity index (χ0v) is 13.1. The highest BCUT2D eigenvalue weighted by atomic mass is 79.9. The number of Topliss-reactive ketones (excluding diaryl/α,β-unsaturated/α-hetero) is 1. The van der Waals surface area contributed by atoms with Gasteiger partial charge in [-0.2, -0.15) is 0 Å². The van der Waals surface area contributed by atoms with Gasteiger partial charge in [0, 0.05) is 6.92 Å². The first-order chi connectivity index (χ1) is 8.90. The molecule has 3 heteroatoms. The van der Waals surface area contributed by atoms with Crippen molar-refractivity contribution in [3.05, 3.63) is 51.3 Å². The monoisotopic (exact) mass is 317 g/mol. The van der Waals surface area contributed by atoms with Crippen molar-refractivity contribution in [1.29, 1.82) is 0 Å². The normalized spacial score (nSPS) is 10.6. The highest BCUT2D eigenvalue weighted by molar-refractivity contribution is 9.10. The third kappa shape index (κ3) is 2.76. The molecule has 98 valence electrons. The van der Waals surface area contributed by atoms with Gasteiger partial charge in [-0.3, -0.25) is 4.79 Å². The van der Waals surface area contributed by atoms with Crippen LogP contribution in [0.1, 0.15) is 34.1 Å². The minimum Gasteiger partial charge on any atom is -0.293 e. The first kappa shape index (κ1) is 13.9. The maximum atomic E-state index is 11.5. The van der Waals surface area contributed by atoms with E-state index in [1.54, 1.807) is 0 Å². The predicted octanol–water partition coefficient (Wildman–Crippen LogP) is 4.64. The fourth-order valence-corrected chi connectivity index (χ4v) is 2.54. The molecule has 0 saturated carbocycles. The molecule has 0 saturated heterocycles. The summed E-state index contributed by atoms with van der Waals surface area (Å²) < 4.78 is 0.688. The number of hydrogen-bond acceptors (Lipinski definition) is 2. The van der Waals surface area contributed by atoms with Gasteiger partial charge in [0.25, 0.3) is 0 Å². The minimum atomic E-state index is -0.0240. The quantitative estimate of drug-likeness (QED) is 0.596. The zero-order chi connectivity index (χ0) is 14.2. The summed E-state index contributed by atoms with van der Waals surface area (Å²) in [6.45, 7) is 7.87. The summed E-state index contributed by atoms with van der Waals surface area (Å²) in [7, 11) is 0. The van der Waals surface area contributed by atoms with Crippen LogP contribution in [-0.2, 0) is 0 Å². The number of nitrogens with zero attached hydrogens (tertiary/aromatic N) is 1. The van der Waals surface area contributed by atoms with E-state index in [9.17, 15) is 4.79 Å². The number of carbonyl (C=O) groups is 1. The van der Waals surface area contributed by atoms with Crippen LogP contribution in [0.5, 0.6) is 0 Å². The third-order valence-corrected chi connectivity index (χ3v) is 3.93. The molecule has 1 aromatic carbocycles. The minimum absolute atomic E-state index is 0.0240. The second-order valence-electron chi connectivity index (χ2n) is 4.80. The number of aromatic nitrogens is 1. The number of rotatable bonds is 2. The number of hydrogen-bond donors (Lipinski definition) is 0. The summed E-state index contributed by atoms with van der Waals surface area (Å²) in [6, 6.07) is 8.01. The zero-order valence-electron chi connectivity index (χ0n) is 11.5. The summed E-state index contributed by atoms with van der Waals surface area (Å²) in [5.74, 6) is -0.0240. The van der Waals surface area contributed by atoms with Gasteiger partial charge in [0.1, 0.15) is 10.3 Å². The number of pyridine rings is 1. The number of benzene rings is 1. The summed E-state index contributed by atoms with van der Waals surface area (Å²) in [4.78, 5) is 15.7. The van der Waals surface area contributed by atoms with E-state index in [0.717, 1.165) is 11.1 Å². The van der Waals surface area contributed by atoms with Crippen molar-refractivity contribution < 1.29 is 4.79 Å². The predicted molar refractivity (Wildman–Crippen MR) is 81.6 cm³/mol. The smallest absolute Gasteiger partial charge is 0.178 e. The number of aryl methyl sites for hydroxylation is 1. The summed E-state index contributed by atoms with van der Waals surface area (Å²) >= 11 is 3.37. The van der Waals surface area contributed by atoms with Crippen molar-refractivity contribution in [1.82, 2.24) is 4.98 Å². The van der Waals surface area contributed by atoms with Crippen LogP contribution in [0.4, 0.5) is 0 Å². The lowest BCUT2D eigenvalue weighted by Gasteiger charge is -2.12. The molecule has 19 heavy (non-hydrogen) atoms. The average Bonchev–Trinajstić information content (AvgIpc) is 2.35. The Morgan fingerprint density at radius 1 is 1.11 bits per heavy atom. The Bertz CT molecular complexity index is 662. The highest BCUT2D eigenvalue weighted by Crippen LogP contribution is 2.29. The van der Waals surface area contributed by atoms with Crippen molar-refractivity contribution in [3.8, 4) is 11.1 Å². The highest BCUT2D eigenvalue weighted by Gasteiger charge is 2.10. The molecule has 0 aliphatic heterocycles. The molecular formula is C16H16BrNO. The molecule has 0 aliphatic carbocycles. The maximum Gasteiger partial charge on any atom is 0.178 e. The molecule has 0 aliphatic rings. The summed E-state index contributed by atoms with van der Waals surface area (Å²) in [5, 5.41) is 0. The van der Waals surface area contributed by atoms with Crippen LogP contribution in [-0.4, -0.2) is 10.8 Å². The van der Waals surface area contributed by atoms with E-state index < -0.39 is 0 Å². The van der Waals surface area contributed by atoms with Crippen LogP contribution in [0.2, 0.25) is 0 Å². The van der Waals surface area contributed by atoms with Crippen LogP contribution in [0, 0.1) is 20.8 Å². The van der Waals surface area contributed by atoms with Gasteiger partial charge in [-0.1, -0.05) is 12.1 Å². The molecule has 2 rings (SSSR count). The van der Waals surface area contributed by atoms with Crippen molar-refractivity contribution in [2.24, 2.45) is 0 Å². The second-order valence-corrected chi connectivity index (χ2v) is 5.61. The van der Waals surface area contributed by atoms with E-state index in [1.807, 2.05) is 12.1 Å². The van der Waals surface area contributed by atoms with Crippen molar-refractivity contribution in [2.75, 3.05) is 0 Å². The molecule has 0 amide bonds. The van der Waals surface area contributed by atoms with Gasteiger partial charge in [-0.25, -0.2) is 4.98 Å². The Balaban J connectivity index is 2.65. The lowest BCUT2D eigenvalue weighted by atomic mass is 9.94. The van der Waals surface area contributed by atoms with Gasteiger partial charge >= 0.3 is 0 Å². The standard InChI is InChI=1S/C16H16BrNO/c1-9-5-6-14(11(3)10(9)2)13-7-15(12(4)19)18-16(17)8-13/h5-8H,1-4H3. The van der Waals surface area contributed by atoms with Crippen LogP contribution in [0.3, 0.4) is 0 Å². The molecule has 1 heterocycles. The Labute approximate surface area is 122 Å². The Morgan fingerprint density at radius 3 is 2.42 bits per heavy atom. The van der Waals surface area contributed by atoms with Gasteiger partial charge in [0.15, 0.2) is 5.78 Å². The van der Waals surface area contributed by atoms with E-state index in [0.29, 0.717) is 10.3 Å². The SMILES string of the molecule is CC(=O)c1cc(-c2ccc(C)c(C)c2C)cc(Br)n1. The molecule has 2 aromatic rings. The van der Waals surface area contributed by atoms with Gasteiger partial charge in [-0.05, 0) is 76.7 Å². The lowest BCUT2D eigenvalue weighted by molar-refractivity contribution is 0.101. The first-order valence-corrected chi connectivity index (χ1v) is 6.95. The third-order valence-electron chi connectivity index (χ3n) is 3.52. The maximum absolute atomic E-state index is 11.5. The van der Waals surface area contributed by atoms with Crippen molar-refractivity contribution in [3.63, 3.8) is 0 Å². The first-order valence-electron chi connectivity index (χ1n) is 6.16. The van der Waals surface area contributed by atoms with E-state index >= 15 is 0 Å². The fraction of sp³-hybridized carbons (Fsp3) is 0.250. The average molecular weight is 318 g/mol. The van der Waals surface area contributed by atoms with E-state index in [2.05, 4.69) is 53.8 Å². The number of ketones is 1. The van der Waals surface area contributed by atoms with Gasteiger partial charge in [0.2, 0.25) is 0 Å². The molecule has 0 radical (unpaired) electrons. The lowest BCUT2D eigenvalue weighted by Crippen LogP contribution is -1.99. The van der Waals surface area contributed by atoms with Gasteiger partial charge < -0.3 is 0 Å². The van der Waals surface area contributed by atoms with E-state index in [4.69, 9.17) is 0 Å². The van der Waals surface area contributed by atoms with Crippen molar-refractivity contribution >= 4 is 21.7 Å². The Morgan fingerprint density at radius 2 is 1.79 bits per heavy atom. The van der Waals surface area contributed by atoms with Crippen LogP contribution in [0.25, 0.3) is 11.1 Å². The van der Waals surface area contributed by atoms with Crippen LogP contribution < -0.4 is 0 Å². The van der Waals surface area contributed by atoms with E-state index in [-0.39, 0.29) is 5.78 Å². The molecule has 0 unspecified atom stereocenters. The fourth-order valence-electron chi connectivity index (χ4n) is 2.10. The van der Waals surface area contributed by atoms with Crippen LogP contribution >= 0.6 is 15.9 Å². The molecule has 0 spiro atoms. The Hall–Kier alpha value is -1.48. The molecule has 0 atom stereocenters. The molecular weight excluding hydrogens is 302 g/mol. The van der Waals surface area contributed by atoms with Crippen molar-refractivity contribution in [2.45, 2.75) is 27.7 Å². The number of carbonyl (C=O) groups excluding carboxylic acids is 1. The Kier molecular flexibility index (Phi) is 3.85. The molecule has 0 N–H and O–H groups in total. The summed E-state index contributed by atoms with van der Waals surface area (Å²) in [5.41, 5.74) is 6.46. The van der Waals surface area contributed by atoms with E-state index in [1.165, 1.54) is 23.6 Å².